The Morgan fingerprint density at radius 1 is 0.889 bits per heavy atom. The standard InChI is InChI=1S/C23H26N2O2/c26-22-15-20(17-25(22)21-12-5-2-6-13-21)23(27)24-14-8-7-11-19(16-24)18-9-3-1-4-10-18/h1-6,9-10,12-13,19-20H,7-8,11,14-17H2. The summed E-state index contributed by atoms with van der Waals surface area (Å²) in [4.78, 5) is 29.5. The highest BCUT2D eigenvalue weighted by Gasteiger charge is 2.38. The summed E-state index contributed by atoms with van der Waals surface area (Å²) < 4.78 is 0. The van der Waals surface area contributed by atoms with Crippen LogP contribution in [0.3, 0.4) is 0 Å². The molecule has 0 saturated carbocycles. The fourth-order valence-electron chi connectivity index (χ4n) is 4.33. The first-order valence-corrected chi connectivity index (χ1v) is 9.91. The van der Waals surface area contributed by atoms with Gasteiger partial charge in [-0.3, -0.25) is 9.59 Å². The first-order valence-electron chi connectivity index (χ1n) is 9.91. The molecule has 2 aromatic rings. The van der Waals surface area contributed by atoms with E-state index in [9.17, 15) is 9.59 Å². The SMILES string of the molecule is O=C(C1CC(=O)N(c2ccccc2)C1)N1CCCCC(c2ccccc2)C1. The molecule has 2 aliphatic heterocycles. The normalized spacial score (nSPS) is 23.3. The molecule has 2 aromatic carbocycles. The van der Waals surface area contributed by atoms with Crippen LogP contribution in [0.15, 0.2) is 60.7 Å². The van der Waals surface area contributed by atoms with Gasteiger partial charge in [0, 0.05) is 37.7 Å². The largest absolute Gasteiger partial charge is 0.342 e. The molecule has 2 fully saturated rings. The van der Waals surface area contributed by atoms with E-state index in [1.165, 1.54) is 5.56 Å². The highest BCUT2D eigenvalue weighted by atomic mass is 16.2. The highest BCUT2D eigenvalue weighted by Crippen LogP contribution is 2.30. The van der Waals surface area contributed by atoms with Crippen LogP contribution in [0.1, 0.15) is 37.2 Å². The number of carbonyl (C=O) groups excluding carboxylic acids is 2. The number of hydrogen-bond acceptors (Lipinski definition) is 2. The van der Waals surface area contributed by atoms with Crippen molar-refractivity contribution >= 4 is 17.5 Å². The maximum Gasteiger partial charge on any atom is 0.228 e. The van der Waals surface area contributed by atoms with Crippen molar-refractivity contribution in [3.8, 4) is 0 Å². The van der Waals surface area contributed by atoms with E-state index in [0.29, 0.717) is 18.9 Å². The van der Waals surface area contributed by atoms with Crippen molar-refractivity contribution in [1.29, 1.82) is 0 Å². The number of nitrogens with zero attached hydrogens (tertiary/aromatic N) is 2. The van der Waals surface area contributed by atoms with Crippen molar-refractivity contribution in [2.45, 2.75) is 31.6 Å². The first-order chi connectivity index (χ1) is 13.2. The molecule has 4 rings (SSSR count). The Kier molecular flexibility index (Phi) is 5.23. The Hall–Kier alpha value is -2.62. The first kappa shape index (κ1) is 17.8. The fourth-order valence-corrected chi connectivity index (χ4v) is 4.33. The zero-order valence-electron chi connectivity index (χ0n) is 15.6. The van der Waals surface area contributed by atoms with Gasteiger partial charge in [-0.05, 0) is 30.5 Å². The van der Waals surface area contributed by atoms with Gasteiger partial charge in [0.15, 0.2) is 0 Å². The van der Waals surface area contributed by atoms with E-state index in [4.69, 9.17) is 0 Å². The lowest BCUT2D eigenvalue weighted by molar-refractivity contribution is -0.135. The van der Waals surface area contributed by atoms with E-state index in [0.717, 1.165) is 38.0 Å². The second-order valence-electron chi connectivity index (χ2n) is 7.63. The molecule has 0 spiro atoms. The molecule has 4 heteroatoms. The van der Waals surface area contributed by atoms with Gasteiger partial charge in [0.05, 0.1) is 5.92 Å². The van der Waals surface area contributed by atoms with Gasteiger partial charge >= 0.3 is 0 Å². The van der Waals surface area contributed by atoms with Crippen LogP contribution in [-0.4, -0.2) is 36.3 Å². The third-order valence-corrected chi connectivity index (χ3v) is 5.80. The van der Waals surface area contributed by atoms with Crippen molar-refractivity contribution in [2.24, 2.45) is 5.92 Å². The number of hydrogen-bond donors (Lipinski definition) is 0. The summed E-state index contributed by atoms with van der Waals surface area (Å²) in [5.74, 6) is 0.353. The number of benzene rings is 2. The van der Waals surface area contributed by atoms with Crippen molar-refractivity contribution < 1.29 is 9.59 Å². The minimum absolute atomic E-state index is 0.0500. The molecule has 0 aromatic heterocycles. The van der Waals surface area contributed by atoms with E-state index >= 15 is 0 Å². The molecule has 2 amide bonds. The van der Waals surface area contributed by atoms with Gasteiger partial charge < -0.3 is 9.80 Å². The van der Waals surface area contributed by atoms with Crippen molar-refractivity contribution in [2.75, 3.05) is 24.5 Å². The lowest BCUT2D eigenvalue weighted by atomic mass is 9.94. The Balaban J connectivity index is 1.46. The lowest BCUT2D eigenvalue weighted by Crippen LogP contribution is -2.39. The molecule has 4 nitrogen and oxygen atoms in total. The molecule has 27 heavy (non-hydrogen) atoms. The molecular weight excluding hydrogens is 336 g/mol. The predicted octanol–water partition coefficient (Wildman–Crippen LogP) is 3.84. The van der Waals surface area contributed by atoms with Gasteiger partial charge in [0.1, 0.15) is 0 Å². The summed E-state index contributed by atoms with van der Waals surface area (Å²) in [6, 6.07) is 20.2. The Morgan fingerprint density at radius 3 is 2.33 bits per heavy atom. The summed E-state index contributed by atoms with van der Waals surface area (Å²) in [7, 11) is 0. The minimum Gasteiger partial charge on any atom is -0.342 e. The van der Waals surface area contributed by atoms with Gasteiger partial charge in [-0.2, -0.15) is 0 Å². The zero-order chi connectivity index (χ0) is 18.6. The maximum absolute atomic E-state index is 13.2. The third kappa shape index (κ3) is 3.90. The highest BCUT2D eigenvalue weighted by molar-refractivity contribution is 6.00. The van der Waals surface area contributed by atoms with Crippen LogP contribution in [0.4, 0.5) is 5.69 Å². The van der Waals surface area contributed by atoms with Gasteiger partial charge in [-0.25, -0.2) is 0 Å². The van der Waals surface area contributed by atoms with Crippen LogP contribution in [0.5, 0.6) is 0 Å². The maximum atomic E-state index is 13.2. The van der Waals surface area contributed by atoms with Crippen LogP contribution < -0.4 is 4.90 Å². The van der Waals surface area contributed by atoms with Crippen molar-refractivity contribution in [3.05, 3.63) is 66.2 Å². The predicted molar refractivity (Wildman–Crippen MR) is 107 cm³/mol. The van der Waals surface area contributed by atoms with E-state index in [-0.39, 0.29) is 17.7 Å². The minimum atomic E-state index is -0.229. The summed E-state index contributed by atoms with van der Waals surface area (Å²) in [5.41, 5.74) is 2.20. The van der Waals surface area contributed by atoms with E-state index < -0.39 is 0 Å². The molecule has 0 aliphatic carbocycles. The number of amides is 2. The summed E-state index contributed by atoms with van der Waals surface area (Å²) in [5, 5.41) is 0. The van der Waals surface area contributed by atoms with Crippen molar-refractivity contribution in [3.63, 3.8) is 0 Å². The molecule has 0 radical (unpaired) electrons. The molecule has 2 unspecified atom stereocenters. The molecule has 2 saturated heterocycles. The molecule has 0 bridgehead atoms. The van der Waals surface area contributed by atoms with Gasteiger partial charge in [-0.15, -0.1) is 0 Å². The van der Waals surface area contributed by atoms with E-state index in [1.54, 1.807) is 4.90 Å². The summed E-state index contributed by atoms with van der Waals surface area (Å²) in [6.45, 7) is 2.06. The molecular formula is C23H26N2O2. The number of rotatable bonds is 3. The zero-order valence-corrected chi connectivity index (χ0v) is 15.6. The van der Waals surface area contributed by atoms with Crippen LogP contribution in [0, 0.1) is 5.92 Å². The molecule has 2 heterocycles. The smallest absolute Gasteiger partial charge is 0.228 e. The number of carbonyl (C=O) groups is 2. The van der Waals surface area contributed by atoms with Crippen LogP contribution in [0.25, 0.3) is 0 Å². The van der Waals surface area contributed by atoms with Gasteiger partial charge in [0.2, 0.25) is 11.8 Å². The molecule has 140 valence electrons. The molecule has 2 aliphatic rings. The monoisotopic (exact) mass is 362 g/mol. The van der Waals surface area contributed by atoms with E-state index in [1.807, 2.05) is 41.3 Å². The number of likely N-dealkylation sites (tertiary alicyclic amines) is 1. The fraction of sp³-hybridized carbons (Fsp3) is 0.391. The topological polar surface area (TPSA) is 40.6 Å². The van der Waals surface area contributed by atoms with Gasteiger partial charge in [-0.1, -0.05) is 55.0 Å². The summed E-state index contributed by atoms with van der Waals surface area (Å²) >= 11 is 0. The second kappa shape index (κ2) is 7.95. The summed E-state index contributed by atoms with van der Waals surface area (Å²) in [6.07, 6.45) is 3.62. The molecule has 2 atom stereocenters. The second-order valence-corrected chi connectivity index (χ2v) is 7.63. The Labute approximate surface area is 160 Å². The quantitative estimate of drug-likeness (QED) is 0.832. The third-order valence-electron chi connectivity index (χ3n) is 5.80. The van der Waals surface area contributed by atoms with Gasteiger partial charge in [0.25, 0.3) is 0 Å². The van der Waals surface area contributed by atoms with Crippen LogP contribution in [0.2, 0.25) is 0 Å². The average molecular weight is 362 g/mol. The Morgan fingerprint density at radius 2 is 1.59 bits per heavy atom. The van der Waals surface area contributed by atoms with Crippen LogP contribution >= 0.6 is 0 Å². The van der Waals surface area contributed by atoms with Crippen LogP contribution in [-0.2, 0) is 9.59 Å². The average Bonchev–Trinajstić information content (AvgIpc) is 2.94. The van der Waals surface area contributed by atoms with E-state index in [2.05, 4.69) is 24.3 Å². The number of anilines is 1. The Bertz CT molecular complexity index is 791. The number of para-hydroxylation sites is 1. The lowest BCUT2D eigenvalue weighted by Gasteiger charge is -2.27. The molecule has 0 N–H and O–H groups in total. The van der Waals surface area contributed by atoms with Crippen molar-refractivity contribution in [1.82, 2.24) is 4.90 Å².